The van der Waals surface area contributed by atoms with Gasteiger partial charge in [-0.1, -0.05) is 6.92 Å². The van der Waals surface area contributed by atoms with E-state index in [4.69, 9.17) is 0 Å². The number of carbonyl (C=O) groups is 2. The molecule has 1 rings (SSSR count). The van der Waals surface area contributed by atoms with Gasteiger partial charge in [0.15, 0.2) is 0 Å². The Labute approximate surface area is 109 Å². The lowest BCUT2D eigenvalue weighted by molar-refractivity contribution is -0.134. The van der Waals surface area contributed by atoms with Gasteiger partial charge in [-0.3, -0.25) is 9.59 Å². The lowest BCUT2D eigenvalue weighted by Gasteiger charge is -2.32. The molecule has 0 aliphatic carbocycles. The molecule has 2 amide bonds. The van der Waals surface area contributed by atoms with Gasteiger partial charge in [0.05, 0.1) is 6.54 Å². The second-order valence-electron chi connectivity index (χ2n) is 4.93. The van der Waals surface area contributed by atoms with Crippen LogP contribution in [0.15, 0.2) is 0 Å². The topological polar surface area (TPSA) is 61.4 Å². The van der Waals surface area contributed by atoms with Gasteiger partial charge in [0.1, 0.15) is 0 Å². The highest BCUT2D eigenvalue weighted by Gasteiger charge is 2.23. The van der Waals surface area contributed by atoms with E-state index in [1.54, 1.807) is 0 Å². The molecule has 0 aromatic carbocycles. The third-order valence-corrected chi connectivity index (χ3v) is 3.28. The van der Waals surface area contributed by atoms with E-state index in [1.165, 1.54) is 6.42 Å². The van der Waals surface area contributed by atoms with Crippen molar-refractivity contribution >= 4 is 11.8 Å². The van der Waals surface area contributed by atoms with Crippen molar-refractivity contribution in [2.75, 3.05) is 33.2 Å². The van der Waals surface area contributed by atoms with Crippen LogP contribution >= 0.6 is 0 Å². The summed E-state index contributed by atoms with van der Waals surface area (Å²) in [5.41, 5.74) is 0. The van der Waals surface area contributed by atoms with Gasteiger partial charge in [-0.05, 0) is 38.8 Å². The SMILES string of the molecule is CCCC(=O)NCC(=O)N1CCCC(CNC)C1. The molecule has 2 N–H and O–H groups in total. The fraction of sp³-hybridized carbons (Fsp3) is 0.846. The fourth-order valence-electron chi connectivity index (χ4n) is 2.35. The highest BCUT2D eigenvalue weighted by Crippen LogP contribution is 2.15. The third kappa shape index (κ3) is 5.04. The van der Waals surface area contributed by atoms with E-state index in [0.29, 0.717) is 12.3 Å². The first-order valence-corrected chi connectivity index (χ1v) is 6.86. The minimum absolute atomic E-state index is 0.0327. The maximum absolute atomic E-state index is 11.9. The Morgan fingerprint density at radius 3 is 2.83 bits per heavy atom. The van der Waals surface area contributed by atoms with E-state index in [1.807, 2.05) is 18.9 Å². The summed E-state index contributed by atoms with van der Waals surface area (Å²) in [5.74, 6) is 0.550. The highest BCUT2D eigenvalue weighted by atomic mass is 16.2. The molecule has 0 spiro atoms. The number of amides is 2. The Morgan fingerprint density at radius 2 is 2.17 bits per heavy atom. The summed E-state index contributed by atoms with van der Waals surface area (Å²) in [6.07, 6.45) is 3.54. The van der Waals surface area contributed by atoms with Crippen LogP contribution in [0.25, 0.3) is 0 Å². The Morgan fingerprint density at radius 1 is 1.39 bits per heavy atom. The first-order valence-electron chi connectivity index (χ1n) is 6.86. The van der Waals surface area contributed by atoms with Crippen molar-refractivity contribution in [2.24, 2.45) is 5.92 Å². The predicted molar refractivity (Wildman–Crippen MR) is 71.1 cm³/mol. The molecule has 1 atom stereocenters. The molecule has 0 aromatic heterocycles. The van der Waals surface area contributed by atoms with Gasteiger partial charge in [0, 0.05) is 19.5 Å². The van der Waals surface area contributed by atoms with Crippen LogP contribution in [0.5, 0.6) is 0 Å². The number of nitrogens with one attached hydrogen (secondary N) is 2. The molecule has 5 nitrogen and oxygen atoms in total. The number of nitrogens with zero attached hydrogens (tertiary/aromatic N) is 1. The van der Waals surface area contributed by atoms with Crippen molar-refractivity contribution in [3.05, 3.63) is 0 Å². The van der Waals surface area contributed by atoms with E-state index in [-0.39, 0.29) is 18.4 Å². The zero-order chi connectivity index (χ0) is 13.4. The van der Waals surface area contributed by atoms with E-state index in [9.17, 15) is 9.59 Å². The van der Waals surface area contributed by atoms with Gasteiger partial charge in [0.25, 0.3) is 0 Å². The smallest absolute Gasteiger partial charge is 0.241 e. The molecule has 104 valence electrons. The van der Waals surface area contributed by atoms with E-state index >= 15 is 0 Å². The average molecular weight is 255 g/mol. The van der Waals surface area contributed by atoms with Crippen LogP contribution in [0.1, 0.15) is 32.6 Å². The molecule has 0 aromatic rings. The van der Waals surface area contributed by atoms with Crippen molar-refractivity contribution < 1.29 is 9.59 Å². The summed E-state index contributed by atoms with van der Waals surface area (Å²) in [4.78, 5) is 25.1. The maximum Gasteiger partial charge on any atom is 0.241 e. The van der Waals surface area contributed by atoms with Crippen molar-refractivity contribution in [1.29, 1.82) is 0 Å². The summed E-state index contributed by atoms with van der Waals surface area (Å²) in [7, 11) is 1.94. The molecule has 1 saturated heterocycles. The van der Waals surface area contributed by atoms with Gasteiger partial charge in [0.2, 0.25) is 11.8 Å². The highest BCUT2D eigenvalue weighted by molar-refractivity contribution is 5.84. The average Bonchev–Trinajstić information content (AvgIpc) is 2.37. The molecule has 5 heteroatoms. The fourth-order valence-corrected chi connectivity index (χ4v) is 2.35. The molecule has 0 radical (unpaired) electrons. The van der Waals surface area contributed by atoms with Crippen LogP contribution in [-0.2, 0) is 9.59 Å². The molecular weight excluding hydrogens is 230 g/mol. The molecular formula is C13H25N3O2. The Kier molecular flexibility index (Phi) is 6.72. The van der Waals surface area contributed by atoms with Crippen LogP contribution in [0.2, 0.25) is 0 Å². The van der Waals surface area contributed by atoms with Crippen LogP contribution < -0.4 is 10.6 Å². The van der Waals surface area contributed by atoms with Crippen LogP contribution in [0.3, 0.4) is 0 Å². The summed E-state index contributed by atoms with van der Waals surface area (Å²) in [6, 6.07) is 0. The predicted octanol–water partition coefficient (Wildman–Crippen LogP) is 0.361. The number of hydrogen-bond acceptors (Lipinski definition) is 3. The first-order chi connectivity index (χ1) is 8.67. The molecule has 1 aliphatic rings. The molecule has 1 unspecified atom stereocenters. The largest absolute Gasteiger partial charge is 0.347 e. The van der Waals surface area contributed by atoms with E-state index in [2.05, 4.69) is 10.6 Å². The van der Waals surface area contributed by atoms with E-state index in [0.717, 1.165) is 32.5 Å². The Bertz CT molecular complexity index is 279. The van der Waals surface area contributed by atoms with Gasteiger partial charge in [-0.15, -0.1) is 0 Å². The molecule has 18 heavy (non-hydrogen) atoms. The lowest BCUT2D eigenvalue weighted by atomic mass is 9.98. The molecule has 0 saturated carbocycles. The Balaban J connectivity index is 2.30. The third-order valence-electron chi connectivity index (χ3n) is 3.28. The monoisotopic (exact) mass is 255 g/mol. The number of rotatable bonds is 6. The molecule has 0 bridgehead atoms. The van der Waals surface area contributed by atoms with Crippen LogP contribution in [-0.4, -0.2) is 49.9 Å². The van der Waals surface area contributed by atoms with Gasteiger partial charge in [-0.2, -0.15) is 0 Å². The number of piperidine rings is 1. The molecule has 1 aliphatic heterocycles. The summed E-state index contributed by atoms with van der Waals surface area (Å²) in [5, 5.41) is 5.84. The molecule has 1 heterocycles. The quantitative estimate of drug-likeness (QED) is 0.720. The lowest BCUT2D eigenvalue weighted by Crippen LogP contribution is -2.46. The molecule has 1 fully saturated rings. The summed E-state index contributed by atoms with van der Waals surface area (Å²) < 4.78 is 0. The van der Waals surface area contributed by atoms with Crippen LogP contribution in [0.4, 0.5) is 0 Å². The van der Waals surface area contributed by atoms with Crippen LogP contribution in [0, 0.1) is 5.92 Å². The second-order valence-corrected chi connectivity index (χ2v) is 4.93. The van der Waals surface area contributed by atoms with Gasteiger partial charge < -0.3 is 15.5 Å². The minimum Gasteiger partial charge on any atom is -0.347 e. The number of hydrogen-bond donors (Lipinski definition) is 2. The first kappa shape index (κ1) is 15.0. The minimum atomic E-state index is -0.0327. The second kappa shape index (κ2) is 8.08. The van der Waals surface area contributed by atoms with Crippen molar-refractivity contribution in [3.8, 4) is 0 Å². The standard InChI is InChI=1S/C13H25N3O2/c1-3-5-12(17)15-9-13(18)16-7-4-6-11(10-16)8-14-2/h11,14H,3-10H2,1-2H3,(H,15,17). The normalized spacial score (nSPS) is 19.7. The van der Waals surface area contributed by atoms with Gasteiger partial charge in [-0.25, -0.2) is 0 Å². The summed E-state index contributed by atoms with van der Waals surface area (Å²) >= 11 is 0. The van der Waals surface area contributed by atoms with Crippen molar-refractivity contribution in [2.45, 2.75) is 32.6 Å². The zero-order valence-electron chi connectivity index (χ0n) is 11.5. The zero-order valence-corrected chi connectivity index (χ0v) is 11.5. The summed E-state index contributed by atoms with van der Waals surface area (Å²) in [6.45, 7) is 4.68. The Hall–Kier alpha value is -1.10. The maximum atomic E-state index is 11.9. The van der Waals surface area contributed by atoms with Crippen molar-refractivity contribution in [1.82, 2.24) is 15.5 Å². The van der Waals surface area contributed by atoms with Crippen molar-refractivity contribution in [3.63, 3.8) is 0 Å². The van der Waals surface area contributed by atoms with E-state index < -0.39 is 0 Å². The number of carbonyl (C=O) groups excluding carboxylic acids is 2. The number of likely N-dealkylation sites (tertiary alicyclic amines) is 1. The van der Waals surface area contributed by atoms with Gasteiger partial charge >= 0.3 is 0 Å².